The largest absolute Gasteiger partial charge is 0.463 e. The van der Waals surface area contributed by atoms with Gasteiger partial charge in [0, 0.05) is 15.7 Å². The Morgan fingerprint density at radius 3 is 2.63 bits per heavy atom. The smallest absolute Gasteiger partial charge is 0.250 e. The van der Waals surface area contributed by atoms with Crippen LogP contribution in [0.4, 0.5) is 0 Å². The number of carbonyl (C=O) groups excluding carboxylic acids is 1. The number of rotatable bonds is 7. The van der Waals surface area contributed by atoms with Crippen molar-refractivity contribution in [3.05, 3.63) is 83.2 Å². The summed E-state index contributed by atoms with van der Waals surface area (Å²) < 4.78 is 8.04. The summed E-state index contributed by atoms with van der Waals surface area (Å²) >= 11 is 4.75. The Hall–Kier alpha value is -3.17. The number of hydrogen-bond donors (Lipinski definition) is 1. The summed E-state index contributed by atoms with van der Waals surface area (Å²) in [6.45, 7) is 0. The molecule has 0 spiro atoms. The fraction of sp³-hybridized carbons (Fsp3) is 0.0476. The quantitative estimate of drug-likeness (QED) is 0.238. The van der Waals surface area contributed by atoms with E-state index in [0.29, 0.717) is 16.7 Å². The molecule has 0 atom stereocenters. The molecule has 0 unspecified atom stereocenters. The summed E-state index contributed by atoms with van der Waals surface area (Å²) in [5.41, 5.74) is 4.32. The predicted octanol–water partition coefficient (Wildman–Crippen LogP) is 4.53. The maximum Gasteiger partial charge on any atom is 0.250 e. The molecule has 0 aliphatic heterocycles. The molecule has 0 saturated heterocycles. The van der Waals surface area contributed by atoms with E-state index in [-0.39, 0.29) is 11.7 Å². The molecule has 0 aliphatic rings. The van der Waals surface area contributed by atoms with Crippen molar-refractivity contribution in [1.82, 2.24) is 20.2 Å². The SMILES string of the molecule is O=C(CSc1nnc(-c2ccccc2)n1-c1ccc(Br)cc1)N/N=C\c1ccco1. The highest BCUT2D eigenvalue weighted by Gasteiger charge is 2.17. The van der Waals surface area contributed by atoms with Crippen molar-refractivity contribution < 1.29 is 9.21 Å². The van der Waals surface area contributed by atoms with Gasteiger partial charge in [0.15, 0.2) is 11.0 Å². The monoisotopic (exact) mass is 481 g/mol. The number of nitrogens with one attached hydrogen (secondary N) is 1. The summed E-state index contributed by atoms with van der Waals surface area (Å²) in [7, 11) is 0. The summed E-state index contributed by atoms with van der Waals surface area (Å²) in [4.78, 5) is 12.2. The highest BCUT2D eigenvalue weighted by molar-refractivity contribution is 9.10. The Kier molecular flexibility index (Phi) is 6.41. The van der Waals surface area contributed by atoms with E-state index in [0.717, 1.165) is 15.7 Å². The zero-order chi connectivity index (χ0) is 20.8. The van der Waals surface area contributed by atoms with Crippen LogP contribution in [-0.2, 0) is 4.79 Å². The lowest BCUT2D eigenvalue weighted by Crippen LogP contribution is -2.19. The van der Waals surface area contributed by atoms with Crippen molar-refractivity contribution in [2.45, 2.75) is 5.16 Å². The van der Waals surface area contributed by atoms with Crippen LogP contribution in [0.3, 0.4) is 0 Å². The molecular weight excluding hydrogens is 466 g/mol. The van der Waals surface area contributed by atoms with E-state index in [2.05, 4.69) is 36.7 Å². The van der Waals surface area contributed by atoms with E-state index in [4.69, 9.17) is 4.42 Å². The Morgan fingerprint density at radius 2 is 1.90 bits per heavy atom. The molecule has 30 heavy (non-hydrogen) atoms. The molecule has 1 N–H and O–H groups in total. The molecule has 2 aromatic carbocycles. The molecule has 4 aromatic rings. The molecular formula is C21H16BrN5O2S. The lowest BCUT2D eigenvalue weighted by molar-refractivity contribution is -0.118. The van der Waals surface area contributed by atoms with Crippen LogP contribution in [0.15, 0.2) is 92.1 Å². The van der Waals surface area contributed by atoms with E-state index in [1.807, 2.05) is 59.2 Å². The van der Waals surface area contributed by atoms with Gasteiger partial charge in [-0.15, -0.1) is 10.2 Å². The highest BCUT2D eigenvalue weighted by Crippen LogP contribution is 2.28. The number of halogens is 1. The van der Waals surface area contributed by atoms with Crippen LogP contribution in [0.5, 0.6) is 0 Å². The van der Waals surface area contributed by atoms with Crippen LogP contribution in [0.2, 0.25) is 0 Å². The van der Waals surface area contributed by atoms with Gasteiger partial charge in [-0.05, 0) is 36.4 Å². The topological polar surface area (TPSA) is 85.3 Å². The Morgan fingerprint density at radius 1 is 1.10 bits per heavy atom. The molecule has 2 heterocycles. The molecule has 1 amide bonds. The van der Waals surface area contributed by atoms with Gasteiger partial charge in [0.1, 0.15) is 5.76 Å². The first-order valence-electron chi connectivity index (χ1n) is 8.96. The fourth-order valence-corrected chi connectivity index (χ4v) is 3.66. The van der Waals surface area contributed by atoms with Gasteiger partial charge in [-0.2, -0.15) is 5.10 Å². The highest BCUT2D eigenvalue weighted by atomic mass is 79.9. The van der Waals surface area contributed by atoms with Crippen LogP contribution in [-0.4, -0.2) is 32.6 Å². The molecule has 2 aromatic heterocycles. The number of hydrazone groups is 1. The number of benzene rings is 2. The Bertz CT molecular complexity index is 1140. The van der Waals surface area contributed by atoms with Gasteiger partial charge in [-0.3, -0.25) is 9.36 Å². The summed E-state index contributed by atoms with van der Waals surface area (Å²) in [5.74, 6) is 1.15. The van der Waals surface area contributed by atoms with Gasteiger partial charge in [-0.25, -0.2) is 5.43 Å². The van der Waals surface area contributed by atoms with Crippen molar-refractivity contribution in [1.29, 1.82) is 0 Å². The first-order valence-corrected chi connectivity index (χ1v) is 10.7. The third-order valence-corrected chi connectivity index (χ3v) is 5.46. The minimum absolute atomic E-state index is 0.138. The molecule has 0 saturated carbocycles. The average molecular weight is 482 g/mol. The second-order valence-electron chi connectivity index (χ2n) is 6.08. The van der Waals surface area contributed by atoms with Gasteiger partial charge < -0.3 is 4.42 Å². The van der Waals surface area contributed by atoms with Crippen molar-refractivity contribution in [2.75, 3.05) is 5.75 Å². The van der Waals surface area contributed by atoms with E-state index in [1.54, 1.807) is 12.1 Å². The maximum absolute atomic E-state index is 12.2. The van der Waals surface area contributed by atoms with E-state index in [1.165, 1.54) is 24.2 Å². The van der Waals surface area contributed by atoms with E-state index in [9.17, 15) is 4.79 Å². The second kappa shape index (κ2) is 9.55. The van der Waals surface area contributed by atoms with E-state index >= 15 is 0 Å². The molecule has 150 valence electrons. The number of hydrogen-bond acceptors (Lipinski definition) is 6. The minimum atomic E-state index is -0.255. The molecule has 4 rings (SSSR count). The summed E-state index contributed by atoms with van der Waals surface area (Å²) in [6, 6.07) is 21.1. The lowest BCUT2D eigenvalue weighted by Gasteiger charge is -2.10. The molecule has 0 radical (unpaired) electrons. The standard InChI is InChI=1S/C21H16BrN5O2S/c22-16-8-10-17(11-9-16)27-20(15-5-2-1-3-6-15)25-26-21(27)30-14-19(28)24-23-13-18-7-4-12-29-18/h1-13H,14H2,(H,24,28)/b23-13-. The molecule has 0 bridgehead atoms. The molecule has 9 heteroatoms. The number of aromatic nitrogens is 3. The van der Waals surface area contributed by atoms with Gasteiger partial charge in [0.25, 0.3) is 5.91 Å². The third kappa shape index (κ3) is 4.87. The van der Waals surface area contributed by atoms with Gasteiger partial charge in [0.05, 0.1) is 18.2 Å². The molecule has 0 fully saturated rings. The number of carbonyl (C=O) groups is 1. The van der Waals surface area contributed by atoms with Gasteiger partial charge >= 0.3 is 0 Å². The van der Waals surface area contributed by atoms with Crippen molar-refractivity contribution in [3.63, 3.8) is 0 Å². The van der Waals surface area contributed by atoms with Crippen LogP contribution in [0, 0.1) is 0 Å². The normalized spacial score (nSPS) is 11.1. The number of thioether (sulfide) groups is 1. The fourth-order valence-electron chi connectivity index (χ4n) is 2.66. The first-order chi connectivity index (χ1) is 14.7. The number of nitrogens with zero attached hydrogens (tertiary/aromatic N) is 4. The van der Waals surface area contributed by atoms with Crippen LogP contribution >= 0.6 is 27.7 Å². The van der Waals surface area contributed by atoms with Gasteiger partial charge in [-0.1, -0.05) is 58.0 Å². The predicted molar refractivity (Wildman–Crippen MR) is 120 cm³/mol. The Labute approximate surface area is 185 Å². The summed E-state index contributed by atoms with van der Waals surface area (Å²) in [5, 5.41) is 13.2. The zero-order valence-corrected chi connectivity index (χ0v) is 18.0. The van der Waals surface area contributed by atoms with Crippen molar-refractivity contribution in [3.8, 4) is 17.1 Å². The maximum atomic E-state index is 12.2. The third-order valence-electron chi connectivity index (χ3n) is 4.01. The Balaban J connectivity index is 1.53. The van der Waals surface area contributed by atoms with Gasteiger partial charge in [0.2, 0.25) is 0 Å². The molecule has 7 nitrogen and oxygen atoms in total. The number of amides is 1. The minimum Gasteiger partial charge on any atom is -0.463 e. The number of furan rings is 1. The average Bonchev–Trinajstić information content (AvgIpc) is 3.43. The summed E-state index contributed by atoms with van der Waals surface area (Å²) in [6.07, 6.45) is 2.98. The van der Waals surface area contributed by atoms with Crippen LogP contribution in [0.25, 0.3) is 17.1 Å². The molecule has 0 aliphatic carbocycles. The van der Waals surface area contributed by atoms with Crippen molar-refractivity contribution in [2.24, 2.45) is 5.10 Å². The second-order valence-corrected chi connectivity index (χ2v) is 7.94. The zero-order valence-electron chi connectivity index (χ0n) is 15.6. The van der Waals surface area contributed by atoms with Crippen molar-refractivity contribution >= 4 is 39.8 Å². The first kappa shape index (κ1) is 20.1. The lowest BCUT2D eigenvalue weighted by atomic mass is 10.2. The van der Waals surface area contributed by atoms with Crippen LogP contribution in [0.1, 0.15) is 5.76 Å². The van der Waals surface area contributed by atoms with E-state index < -0.39 is 0 Å². The van der Waals surface area contributed by atoms with Crippen LogP contribution < -0.4 is 5.43 Å².